The van der Waals surface area contributed by atoms with E-state index in [9.17, 15) is 8.42 Å². The Morgan fingerprint density at radius 1 is 1.47 bits per heavy atom. The van der Waals surface area contributed by atoms with Crippen LogP contribution in [0.1, 0.15) is 11.1 Å². The smallest absolute Gasteiger partial charge is 0.151 e. The second kappa shape index (κ2) is 4.32. The molecule has 0 aromatic heterocycles. The lowest BCUT2D eigenvalue weighted by Crippen LogP contribution is -2.01. The topological polar surface area (TPSA) is 67.2 Å². The van der Waals surface area contributed by atoms with Crippen LogP contribution in [0.4, 0.5) is 0 Å². The van der Waals surface area contributed by atoms with Crippen molar-refractivity contribution in [3.63, 3.8) is 0 Å². The second-order valence-corrected chi connectivity index (χ2v) is 5.36. The van der Waals surface area contributed by atoms with E-state index in [0.29, 0.717) is 16.9 Å². The molecule has 0 fully saturated rings. The molecule has 0 radical (unpaired) electrons. The summed E-state index contributed by atoms with van der Waals surface area (Å²) in [5.41, 5.74) is 1.02. The van der Waals surface area contributed by atoms with E-state index in [0.717, 1.165) is 6.26 Å². The first-order chi connectivity index (χ1) is 6.96. The summed E-state index contributed by atoms with van der Waals surface area (Å²) in [7, 11) is -1.62. The van der Waals surface area contributed by atoms with Crippen LogP contribution in [0.25, 0.3) is 0 Å². The molecule has 0 aliphatic heterocycles. The maximum atomic E-state index is 11.0. The number of methoxy groups -OCH3 is 1. The van der Waals surface area contributed by atoms with E-state index < -0.39 is 9.84 Å². The first-order valence-corrected chi connectivity index (χ1v) is 6.27. The number of hydrogen-bond donors (Lipinski definition) is 0. The van der Waals surface area contributed by atoms with Crippen LogP contribution in [-0.4, -0.2) is 21.8 Å². The van der Waals surface area contributed by atoms with E-state index in [1.165, 1.54) is 7.11 Å². The molecule has 0 aliphatic rings. The number of sulfone groups is 1. The van der Waals surface area contributed by atoms with Crippen LogP contribution >= 0.6 is 0 Å². The molecule has 0 unspecified atom stereocenters. The van der Waals surface area contributed by atoms with Crippen molar-refractivity contribution in [1.82, 2.24) is 0 Å². The van der Waals surface area contributed by atoms with Gasteiger partial charge in [-0.2, -0.15) is 5.26 Å². The molecule has 0 aliphatic carbocycles. The summed E-state index contributed by atoms with van der Waals surface area (Å²) in [4.78, 5) is 0. The van der Waals surface area contributed by atoms with Crippen molar-refractivity contribution in [2.75, 3.05) is 13.4 Å². The van der Waals surface area contributed by atoms with Gasteiger partial charge in [-0.1, -0.05) is 6.07 Å². The average molecular weight is 225 g/mol. The minimum Gasteiger partial charge on any atom is -0.495 e. The van der Waals surface area contributed by atoms with Gasteiger partial charge in [0.2, 0.25) is 0 Å². The van der Waals surface area contributed by atoms with E-state index in [-0.39, 0.29) is 5.75 Å². The monoisotopic (exact) mass is 225 g/mol. The van der Waals surface area contributed by atoms with Gasteiger partial charge in [0.1, 0.15) is 11.8 Å². The molecule has 0 N–H and O–H groups in total. The molecule has 0 saturated carbocycles. The molecule has 15 heavy (non-hydrogen) atoms. The zero-order valence-corrected chi connectivity index (χ0v) is 9.34. The molecule has 5 heteroatoms. The summed E-state index contributed by atoms with van der Waals surface area (Å²) < 4.78 is 27.1. The quantitative estimate of drug-likeness (QED) is 0.772. The van der Waals surface area contributed by atoms with Gasteiger partial charge in [0.25, 0.3) is 0 Å². The van der Waals surface area contributed by atoms with Gasteiger partial charge in [-0.25, -0.2) is 8.42 Å². The van der Waals surface area contributed by atoms with Gasteiger partial charge in [0.15, 0.2) is 9.84 Å². The van der Waals surface area contributed by atoms with Gasteiger partial charge in [-0.3, -0.25) is 0 Å². The summed E-state index contributed by atoms with van der Waals surface area (Å²) in [6, 6.07) is 6.70. The molecule has 0 heterocycles. The maximum Gasteiger partial charge on any atom is 0.151 e. The molecule has 0 amide bonds. The summed E-state index contributed by atoms with van der Waals surface area (Å²) in [5.74, 6) is 0.355. The highest BCUT2D eigenvalue weighted by Crippen LogP contribution is 2.20. The number of hydrogen-bond acceptors (Lipinski definition) is 4. The fraction of sp³-hybridized carbons (Fsp3) is 0.300. The van der Waals surface area contributed by atoms with Crippen molar-refractivity contribution < 1.29 is 13.2 Å². The second-order valence-electron chi connectivity index (χ2n) is 3.22. The van der Waals surface area contributed by atoms with Crippen LogP contribution in [0.5, 0.6) is 5.75 Å². The Labute approximate surface area is 89.0 Å². The molecule has 0 saturated heterocycles. The third kappa shape index (κ3) is 3.26. The predicted octanol–water partition coefficient (Wildman–Crippen LogP) is 1.11. The summed E-state index contributed by atoms with van der Waals surface area (Å²) >= 11 is 0. The highest BCUT2D eigenvalue weighted by Gasteiger charge is 2.08. The van der Waals surface area contributed by atoms with Gasteiger partial charge >= 0.3 is 0 Å². The van der Waals surface area contributed by atoms with Crippen LogP contribution in [-0.2, 0) is 15.6 Å². The number of ether oxygens (including phenoxy) is 1. The van der Waals surface area contributed by atoms with E-state index in [4.69, 9.17) is 10.00 Å². The van der Waals surface area contributed by atoms with Crippen molar-refractivity contribution in [3.8, 4) is 11.8 Å². The number of benzene rings is 1. The third-order valence-corrected chi connectivity index (χ3v) is 2.67. The first-order valence-electron chi connectivity index (χ1n) is 4.21. The zero-order chi connectivity index (χ0) is 11.5. The Hall–Kier alpha value is -1.54. The lowest BCUT2D eigenvalue weighted by molar-refractivity contribution is 0.413. The standard InChI is InChI=1S/C10H11NO3S/c1-14-10-5-8(7-15(2,12)13)3-4-9(10)6-11/h3-5H,7H2,1-2H3. The Kier molecular flexibility index (Phi) is 3.32. The summed E-state index contributed by atoms with van der Waals surface area (Å²) in [5, 5.41) is 8.72. The van der Waals surface area contributed by atoms with E-state index in [1.54, 1.807) is 18.2 Å². The van der Waals surface area contributed by atoms with Crippen molar-refractivity contribution in [3.05, 3.63) is 29.3 Å². The number of nitriles is 1. The van der Waals surface area contributed by atoms with Crippen LogP contribution in [0.2, 0.25) is 0 Å². The molecule has 1 rings (SSSR count). The lowest BCUT2D eigenvalue weighted by atomic mass is 10.1. The number of rotatable bonds is 3. The minimum atomic E-state index is -3.06. The van der Waals surface area contributed by atoms with Crippen LogP contribution in [0.15, 0.2) is 18.2 Å². The van der Waals surface area contributed by atoms with Crippen molar-refractivity contribution in [2.45, 2.75) is 5.75 Å². The Balaban J connectivity index is 3.10. The molecule has 1 aromatic rings. The van der Waals surface area contributed by atoms with Crippen LogP contribution in [0.3, 0.4) is 0 Å². The average Bonchev–Trinajstić information content (AvgIpc) is 2.15. The van der Waals surface area contributed by atoms with E-state index >= 15 is 0 Å². The largest absolute Gasteiger partial charge is 0.495 e. The Bertz CT molecular complexity index is 500. The van der Waals surface area contributed by atoms with Crippen molar-refractivity contribution in [1.29, 1.82) is 5.26 Å². The lowest BCUT2D eigenvalue weighted by Gasteiger charge is -2.05. The molecule has 0 atom stereocenters. The molecular weight excluding hydrogens is 214 g/mol. The summed E-state index contributed by atoms with van der Waals surface area (Å²) in [6.45, 7) is 0. The molecule has 4 nitrogen and oxygen atoms in total. The van der Waals surface area contributed by atoms with Gasteiger partial charge in [-0.05, 0) is 17.7 Å². The first kappa shape index (κ1) is 11.5. The molecular formula is C10H11NO3S. The highest BCUT2D eigenvalue weighted by atomic mass is 32.2. The van der Waals surface area contributed by atoms with E-state index in [1.807, 2.05) is 6.07 Å². The molecule has 1 aromatic carbocycles. The Morgan fingerprint density at radius 2 is 2.13 bits per heavy atom. The van der Waals surface area contributed by atoms with Crippen molar-refractivity contribution >= 4 is 9.84 Å². The fourth-order valence-corrected chi connectivity index (χ4v) is 2.01. The van der Waals surface area contributed by atoms with Crippen LogP contribution < -0.4 is 4.74 Å². The normalized spacial score (nSPS) is 10.7. The minimum absolute atomic E-state index is 0.0466. The Morgan fingerprint density at radius 3 is 2.60 bits per heavy atom. The summed E-state index contributed by atoms with van der Waals surface area (Å²) in [6.07, 6.45) is 1.16. The van der Waals surface area contributed by atoms with Gasteiger partial charge < -0.3 is 4.74 Å². The van der Waals surface area contributed by atoms with Gasteiger partial charge in [0, 0.05) is 6.26 Å². The predicted molar refractivity (Wildman–Crippen MR) is 56.3 cm³/mol. The van der Waals surface area contributed by atoms with Crippen molar-refractivity contribution in [2.24, 2.45) is 0 Å². The van der Waals surface area contributed by atoms with Crippen LogP contribution in [0, 0.1) is 11.3 Å². The zero-order valence-electron chi connectivity index (χ0n) is 8.52. The van der Waals surface area contributed by atoms with Gasteiger partial charge in [-0.15, -0.1) is 0 Å². The molecule has 80 valence electrons. The third-order valence-electron chi connectivity index (χ3n) is 1.82. The van der Waals surface area contributed by atoms with E-state index in [2.05, 4.69) is 0 Å². The highest BCUT2D eigenvalue weighted by molar-refractivity contribution is 7.89. The maximum absolute atomic E-state index is 11.0. The molecule has 0 spiro atoms. The molecule has 0 bridgehead atoms. The SMILES string of the molecule is COc1cc(CS(C)(=O)=O)ccc1C#N. The number of nitrogens with zero attached hydrogens (tertiary/aromatic N) is 1. The fourth-order valence-electron chi connectivity index (χ4n) is 1.22. The van der Waals surface area contributed by atoms with Gasteiger partial charge in [0.05, 0.1) is 18.4 Å².